The molecule has 0 aliphatic carbocycles. The molecule has 2 aromatic rings. The number of ether oxygens (including phenoxy) is 1. The van der Waals surface area contributed by atoms with Crippen molar-refractivity contribution < 1.29 is 4.74 Å². The molecule has 0 unspecified atom stereocenters. The first-order valence-electron chi connectivity index (χ1n) is 4.56. The Balaban J connectivity index is 2.48. The molecule has 0 aliphatic rings. The highest BCUT2D eigenvalue weighted by Crippen LogP contribution is 2.27. The summed E-state index contributed by atoms with van der Waals surface area (Å²) in [6.45, 7) is 0. The van der Waals surface area contributed by atoms with Gasteiger partial charge in [-0.25, -0.2) is 0 Å². The smallest absolute Gasteiger partial charge is 0.120 e. The second-order valence-electron chi connectivity index (χ2n) is 3.32. The van der Waals surface area contributed by atoms with Gasteiger partial charge in [-0.05, 0) is 23.8 Å². The highest BCUT2D eigenvalue weighted by atomic mass is 32.1. The van der Waals surface area contributed by atoms with E-state index in [1.807, 2.05) is 37.6 Å². The van der Waals surface area contributed by atoms with Crippen molar-refractivity contribution in [2.75, 3.05) is 7.11 Å². The predicted octanol–water partition coefficient (Wildman–Crippen LogP) is 2.38. The minimum atomic E-state index is 0.807. The molecule has 0 spiro atoms. The Morgan fingerprint density at radius 2 is 2.07 bits per heavy atom. The van der Waals surface area contributed by atoms with Crippen LogP contribution in [0.15, 0.2) is 35.5 Å². The molecule has 78 valence electrons. The van der Waals surface area contributed by atoms with Crippen molar-refractivity contribution in [1.82, 2.24) is 9.78 Å². The molecule has 0 fully saturated rings. The van der Waals surface area contributed by atoms with Crippen molar-refractivity contribution in [2.24, 2.45) is 7.05 Å². The zero-order valence-corrected chi connectivity index (χ0v) is 9.53. The Morgan fingerprint density at radius 3 is 2.67 bits per heavy atom. The van der Waals surface area contributed by atoms with Crippen LogP contribution in [0.2, 0.25) is 0 Å². The SMILES string of the molecule is COc1cc(S)cc(-c2cnn(C)c2)c1. The lowest BCUT2D eigenvalue weighted by Crippen LogP contribution is -1.85. The second kappa shape index (κ2) is 3.98. The highest BCUT2D eigenvalue weighted by Gasteiger charge is 2.03. The topological polar surface area (TPSA) is 27.1 Å². The van der Waals surface area contributed by atoms with Crippen LogP contribution < -0.4 is 4.74 Å². The van der Waals surface area contributed by atoms with Crippen LogP contribution in [0.3, 0.4) is 0 Å². The molecule has 0 saturated heterocycles. The Bertz CT molecular complexity index is 479. The van der Waals surface area contributed by atoms with Gasteiger partial charge in [-0.1, -0.05) is 0 Å². The molecule has 0 atom stereocenters. The number of nitrogens with zero attached hydrogens (tertiary/aromatic N) is 2. The lowest BCUT2D eigenvalue weighted by molar-refractivity contribution is 0.414. The number of methoxy groups -OCH3 is 1. The summed E-state index contributed by atoms with van der Waals surface area (Å²) >= 11 is 4.33. The van der Waals surface area contributed by atoms with Gasteiger partial charge in [0.15, 0.2) is 0 Å². The quantitative estimate of drug-likeness (QED) is 0.787. The molecule has 0 aliphatic heterocycles. The van der Waals surface area contributed by atoms with Gasteiger partial charge in [0.2, 0.25) is 0 Å². The van der Waals surface area contributed by atoms with Gasteiger partial charge in [0.25, 0.3) is 0 Å². The summed E-state index contributed by atoms with van der Waals surface area (Å²) in [5, 5.41) is 4.13. The molecule has 1 aromatic heterocycles. The van der Waals surface area contributed by atoms with Gasteiger partial charge in [-0.3, -0.25) is 4.68 Å². The molecule has 1 heterocycles. The molecule has 4 heteroatoms. The maximum absolute atomic E-state index is 5.19. The van der Waals surface area contributed by atoms with E-state index >= 15 is 0 Å². The van der Waals surface area contributed by atoms with E-state index in [1.54, 1.807) is 11.8 Å². The van der Waals surface area contributed by atoms with Crippen molar-refractivity contribution in [3.05, 3.63) is 30.6 Å². The van der Waals surface area contributed by atoms with Gasteiger partial charge in [-0.15, -0.1) is 12.6 Å². The van der Waals surface area contributed by atoms with Gasteiger partial charge in [0, 0.05) is 23.7 Å². The minimum absolute atomic E-state index is 0.807. The van der Waals surface area contributed by atoms with E-state index in [4.69, 9.17) is 4.74 Å². The molecule has 1 aromatic carbocycles. The fourth-order valence-corrected chi connectivity index (χ4v) is 1.70. The molecular weight excluding hydrogens is 208 g/mol. The number of rotatable bonds is 2. The maximum atomic E-state index is 5.19. The van der Waals surface area contributed by atoms with Crippen LogP contribution >= 0.6 is 12.6 Å². The number of aromatic nitrogens is 2. The molecule has 15 heavy (non-hydrogen) atoms. The third-order valence-corrected chi connectivity index (χ3v) is 2.42. The largest absolute Gasteiger partial charge is 0.497 e. The van der Waals surface area contributed by atoms with Crippen LogP contribution in [0.4, 0.5) is 0 Å². The molecule has 0 saturated carbocycles. The molecule has 0 N–H and O–H groups in total. The molecule has 3 nitrogen and oxygen atoms in total. The Morgan fingerprint density at radius 1 is 1.27 bits per heavy atom. The molecule has 0 radical (unpaired) electrons. The van der Waals surface area contributed by atoms with E-state index in [-0.39, 0.29) is 0 Å². The number of hydrogen-bond acceptors (Lipinski definition) is 3. The number of aryl methyl sites for hydroxylation is 1. The Hall–Kier alpha value is -1.42. The molecule has 0 bridgehead atoms. The average Bonchev–Trinajstić information content (AvgIpc) is 2.64. The number of thiol groups is 1. The summed E-state index contributed by atoms with van der Waals surface area (Å²) in [4.78, 5) is 0.883. The van der Waals surface area contributed by atoms with Crippen LogP contribution in [0, 0.1) is 0 Å². The van der Waals surface area contributed by atoms with Crippen molar-refractivity contribution in [3.63, 3.8) is 0 Å². The zero-order valence-electron chi connectivity index (χ0n) is 8.64. The summed E-state index contributed by atoms with van der Waals surface area (Å²) in [6, 6.07) is 5.84. The second-order valence-corrected chi connectivity index (χ2v) is 3.84. The lowest BCUT2D eigenvalue weighted by atomic mass is 10.1. The normalized spacial score (nSPS) is 10.3. The summed E-state index contributed by atoms with van der Waals surface area (Å²) in [6.07, 6.45) is 3.78. The van der Waals surface area contributed by atoms with Crippen molar-refractivity contribution in [3.8, 4) is 16.9 Å². The Kier molecular flexibility index (Phi) is 2.68. The van der Waals surface area contributed by atoms with E-state index in [2.05, 4.69) is 17.7 Å². The first-order chi connectivity index (χ1) is 7.19. The van der Waals surface area contributed by atoms with Crippen LogP contribution in [0.25, 0.3) is 11.1 Å². The molecule has 2 rings (SSSR count). The fourth-order valence-electron chi connectivity index (χ4n) is 1.44. The van der Waals surface area contributed by atoms with E-state index in [1.165, 1.54) is 0 Å². The molecular formula is C11H12N2OS. The number of benzene rings is 1. The predicted molar refractivity (Wildman–Crippen MR) is 62.4 cm³/mol. The van der Waals surface area contributed by atoms with Gasteiger partial charge in [0.1, 0.15) is 5.75 Å². The average molecular weight is 220 g/mol. The molecule has 0 amide bonds. The monoisotopic (exact) mass is 220 g/mol. The first-order valence-corrected chi connectivity index (χ1v) is 5.01. The van der Waals surface area contributed by atoms with Gasteiger partial charge < -0.3 is 4.74 Å². The van der Waals surface area contributed by atoms with E-state index < -0.39 is 0 Å². The summed E-state index contributed by atoms with van der Waals surface area (Å²) in [7, 11) is 3.54. The third kappa shape index (κ3) is 2.15. The van der Waals surface area contributed by atoms with Crippen LogP contribution in [0.5, 0.6) is 5.75 Å². The van der Waals surface area contributed by atoms with Crippen molar-refractivity contribution in [1.29, 1.82) is 0 Å². The maximum Gasteiger partial charge on any atom is 0.120 e. The van der Waals surface area contributed by atoms with Crippen molar-refractivity contribution >= 4 is 12.6 Å². The standard InChI is InChI=1S/C11H12N2OS/c1-13-7-9(6-12-13)8-3-10(14-2)5-11(15)4-8/h3-7,15H,1-2H3. The number of hydrogen-bond donors (Lipinski definition) is 1. The van der Waals surface area contributed by atoms with E-state index in [0.29, 0.717) is 0 Å². The summed E-state index contributed by atoms with van der Waals surface area (Å²) in [5.74, 6) is 0.807. The highest BCUT2D eigenvalue weighted by molar-refractivity contribution is 7.80. The van der Waals surface area contributed by atoms with Crippen LogP contribution in [-0.4, -0.2) is 16.9 Å². The minimum Gasteiger partial charge on any atom is -0.497 e. The van der Waals surface area contributed by atoms with Crippen molar-refractivity contribution in [2.45, 2.75) is 4.90 Å². The fraction of sp³-hybridized carbons (Fsp3) is 0.182. The Labute approximate surface area is 94.1 Å². The van der Waals surface area contributed by atoms with Gasteiger partial charge in [0.05, 0.1) is 13.3 Å². The van der Waals surface area contributed by atoms with E-state index in [9.17, 15) is 0 Å². The van der Waals surface area contributed by atoms with Crippen LogP contribution in [-0.2, 0) is 7.05 Å². The summed E-state index contributed by atoms with van der Waals surface area (Å²) < 4.78 is 6.96. The van der Waals surface area contributed by atoms with Crippen LogP contribution in [0.1, 0.15) is 0 Å². The lowest BCUT2D eigenvalue weighted by Gasteiger charge is -2.04. The zero-order chi connectivity index (χ0) is 10.8. The third-order valence-electron chi connectivity index (χ3n) is 2.17. The first kappa shape index (κ1) is 10.1. The van der Waals surface area contributed by atoms with Gasteiger partial charge in [-0.2, -0.15) is 5.10 Å². The van der Waals surface area contributed by atoms with Gasteiger partial charge >= 0.3 is 0 Å². The van der Waals surface area contributed by atoms with E-state index in [0.717, 1.165) is 21.8 Å². The summed E-state index contributed by atoms with van der Waals surface area (Å²) in [5.41, 5.74) is 2.12.